The van der Waals surface area contributed by atoms with E-state index >= 15 is 0 Å². The molecule has 0 aromatic carbocycles. The van der Waals surface area contributed by atoms with E-state index in [0.29, 0.717) is 5.25 Å². The van der Waals surface area contributed by atoms with Crippen LogP contribution in [0.15, 0.2) is 0 Å². The van der Waals surface area contributed by atoms with Crippen LogP contribution in [-0.2, 0) is 0 Å². The molecule has 2 N–H and O–H groups in total. The van der Waals surface area contributed by atoms with Crippen LogP contribution >= 0.6 is 12.6 Å². The predicted molar refractivity (Wildman–Crippen MR) is 36.7 cm³/mol. The Bertz CT molecular complexity index is 37.1. The first-order valence-electron chi connectivity index (χ1n) is 2.65. The van der Waals surface area contributed by atoms with Gasteiger partial charge in [-0.3, -0.25) is 0 Å². The minimum Gasteiger partial charge on any atom is -0.330 e. The van der Waals surface area contributed by atoms with Crippen LogP contribution in [-0.4, -0.2) is 11.8 Å². The Balaban J connectivity index is 2.68. The molecule has 0 aliphatic heterocycles. The van der Waals surface area contributed by atoms with Gasteiger partial charge in [0.2, 0.25) is 0 Å². The molecule has 7 heavy (non-hydrogen) atoms. The zero-order chi connectivity index (χ0) is 5.70. The van der Waals surface area contributed by atoms with E-state index in [2.05, 4.69) is 19.6 Å². The van der Waals surface area contributed by atoms with Crippen molar-refractivity contribution in [3.8, 4) is 0 Å². The van der Waals surface area contributed by atoms with Crippen molar-refractivity contribution >= 4 is 12.6 Å². The molecular weight excluding hydrogens is 106 g/mol. The lowest BCUT2D eigenvalue weighted by atomic mass is 10.2. The Kier molecular flexibility index (Phi) is 4.67. The van der Waals surface area contributed by atoms with E-state index < -0.39 is 0 Å². The topological polar surface area (TPSA) is 26.0 Å². The van der Waals surface area contributed by atoms with Gasteiger partial charge in [0.25, 0.3) is 0 Å². The molecular formula is C5H13NS. The highest BCUT2D eigenvalue weighted by Gasteiger charge is 1.89. The summed E-state index contributed by atoms with van der Waals surface area (Å²) in [5.41, 5.74) is 5.24. The maximum atomic E-state index is 5.24. The third-order valence-corrected chi connectivity index (χ3v) is 1.08. The Morgan fingerprint density at radius 2 is 2.29 bits per heavy atom. The molecule has 0 aromatic rings. The molecule has 2 heteroatoms. The van der Waals surface area contributed by atoms with Gasteiger partial charge in [-0.25, -0.2) is 0 Å². The molecule has 0 amide bonds. The van der Waals surface area contributed by atoms with Crippen molar-refractivity contribution in [1.29, 1.82) is 0 Å². The molecule has 44 valence electrons. The van der Waals surface area contributed by atoms with Crippen molar-refractivity contribution in [3.63, 3.8) is 0 Å². The van der Waals surface area contributed by atoms with Crippen LogP contribution in [0.3, 0.4) is 0 Å². The second-order valence-electron chi connectivity index (χ2n) is 1.78. The van der Waals surface area contributed by atoms with Gasteiger partial charge < -0.3 is 5.73 Å². The molecule has 0 bridgehead atoms. The van der Waals surface area contributed by atoms with Crippen LogP contribution in [0.25, 0.3) is 0 Å². The molecule has 0 aromatic heterocycles. The van der Waals surface area contributed by atoms with Crippen LogP contribution in [0.4, 0.5) is 0 Å². The summed E-state index contributed by atoms with van der Waals surface area (Å²) in [6, 6.07) is 0. The van der Waals surface area contributed by atoms with Gasteiger partial charge >= 0.3 is 0 Å². The minimum absolute atomic E-state index is 0.517. The molecule has 0 aliphatic rings. The minimum atomic E-state index is 0.517. The normalized spacial score (nSPS) is 14.1. The maximum Gasteiger partial charge on any atom is -0.00111 e. The summed E-state index contributed by atoms with van der Waals surface area (Å²) in [5.74, 6) is 0. The summed E-state index contributed by atoms with van der Waals surface area (Å²) < 4.78 is 0. The lowest BCUT2D eigenvalue weighted by molar-refractivity contribution is 0.742. The largest absolute Gasteiger partial charge is 0.330 e. The second-order valence-corrected chi connectivity index (χ2v) is 2.66. The number of rotatable bonds is 3. The summed E-state index contributed by atoms with van der Waals surface area (Å²) in [6.45, 7) is 2.88. The maximum absolute atomic E-state index is 5.24. The molecule has 0 aliphatic carbocycles. The van der Waals surface area contributed by atoms with Gasteiger partial charge in [0, 0.05) is 0 Å². The van der Waals surface area contributed by atoms with Gasteiger partial charge in [0.1, 0.15) is 0 Å². The molecule has 0 radical (unpaired) electrons. The van der Waals surface area contributed by atoms with E-state index in [-0.39, 0.29) is 0 Å². The van der Waals surface area contributed by atoms with Gasteiger partial charge in [-0.1, -0.05) is 6.92 Å². The summed E-state index contributed by atoms with van der Waals surface area (Å²) in [7, 11) is 0. The molecule has 0 rings (SSSR count). The van der Waals surface area contributed by atoms with E-state index in [1.165, 1.54) is 0 Å². The number of hydrogen-bond donors (Lipinski definition) is 2. The standard InChI is InChI=1S/C5H13NS/c1-5(7)3-2-4-6/h5,7H,2-4,6H2,1H3. The summed E-state index contributed by atoms with van der Waals surface area (Å²) in [4.78, 5) is 0. The van der Waals surface area contributed by atoms with Crippen molar-refractivity contribution in [2.24, 2.45) is 5.73 Å². The second kappa shape index (κ2) is 4.47. The fourth-order valence-corrected chi connectivity index (χ4v) is 0.596. The van der Waals surface area contributed by atoms with Crippen LogP contribution in [0.1, 0.15) is 19.8 Å². The van der Waals surface area contributed by atoms with Crippen molar-refractivity contribution in [3.05, 3.63) is 0 Å². The number of thiol groups is 1. The molecule has 1 nitrogen and oxygen atoms in total. The van der Waals surface area contributed by atoms with Crippen molar-refractivity contribution in [2.45, 2.75) is 25.0 Å². The van der Waals surface area contributed by atoms with Crippen LogP contribution in [0.2, 0.25) is 0 Å². The summed E-state index contributed by atoms with van der Waals surface area (Å²) in [5, 5.41) is 0.517. The van der Waals surface area contributed by atoms with Gasteiger partial charge in [-0.2, -0.15) is 12.6 Å². The average molecular weight is 119 g/mol. The summed E-state index contributed by atoms with van der Waals surface area (Å²) >= 11 is 4.18. The van der Waals surface area contributed by atoms with E-state index in [4.69, 9.17) is 5.73 Å². The molecule has 0 fully saturated rings. The van der Waals surface area contributed by atoms with Crippen molar-refractivity contribution in [1.82, 2.24) is 0 Å². The van der Waals surface area contributed by atoms with E-state index in [0.717, 1.165) is 19.4 Å². The van der Waals surface area contributed by atoms with Gasteiger partial charge in [0.05, 0.1) is 0 Å². The third-order valence-electron chi connectivity index (χ3n) is 0.826. The lowest BCUT2D eigenvalue weighted by Crippen LogP contribution is -2.01. The smallest absolute Gasteiger partial charge is 0.00111 e. The molecule has 1 unspecified atom stereocenters. The molecule has 0 saturated heterocycles. The molecule has 1 atom stereocenters. The van der Waals surface area contributed by atoms with Gasteiger partial charge in [-0.05, 0) is 24.6 Å². The van der Waals surface area contributed by atoms with E-state index in [1.807, 2.05) is 0 Å². The average Bonchev–Trinajstić information content (AvgIpc) is 1.61. The summed E-state index contributed by atoms with van der Waals surface area (Å²) in [6.07, 6.45) is 2.24. The zero-order valence-electron chi connectivity index (χ0n) is 4.72. The monoisotopic (exact) mass is 119 g/mol. The predicted octanol–water partition coefficient (Wildman–Crippen LogP) is 1.04. The van der Waals surface area contributed by atoms with Crippen LogP contribution < -0.4 is 5.73 Å². The van der Waals surface area contributed by atoms with Crippen molar-refractivity contribution < 1.29 is 0 Å². The molecule has 0 spiro atoms. The van der Waals surface area contributed by atoms with Gasteiger partial charge in [-0.15, -0.1) is 0 Å². The fourth-order valence-electron chi connectivity index (χ4n) is 0.413. The Morgan fingerprint density at radius 1 is 1.71 bits per heavy atom. The Morgan fingerprint density at radius 3 is 2.43 bits per heavy atom. The number of hydrogen-bond acceptors (Lipinski definition) is 2. The van der Waals surface area contributed by atoms with E-state index in [9.17, 15) is 0 Å². The quantitative estimate of drug-likeness (QED) is 0.533. The first-order chi connectivity index (χ1) is 3.27. The highest BCUT2D eigenvalue weighted by atomic mass is 32.1. The lowest BCUT2D eigenvalue weighted by Gasteiger charge is -1.98. The SMILES string of the molecule is CC(S)CCCN. The Labute approximate surface area is 50.7 Å². The third kappa shape index (κ3) is 6.31. The van der Waals surface area contributed by atoms with Gasteiger partial charge in [0.15, 0.2) is 0 Å². The Hall–Kier alpha value is 0.310. The highest BCUT2D eigenvalue weighted by Crippen LogP contribution is 2.00. The highest BCUT2D eigenvalue weighted by molar-refractivity contribution is 7.80. The van der Waals surface area contributed by atoms with Crippen LogP contribution in [0.5, 0.6) is 0 Å². The van der Waals surface area contributed by atoms with Crippen molar-refractivity contribution in [2.75, 3.05) is 6.54 Å². The van der Waals surface area contributed by atoms with E-state index in [1.54, 1.807) is 0 Å². The zero-order valence-corrected chi connectivity index (χ0v) is 5.62. The first kappa shape index (κ1) is 7.31. The first-order valence-corrected chi connectivity index (χ1v) is 3.17. The number of nitrogens with two attached hydrogens (primary N) is 1. The fraction of sp³-hybridized carbons (Fsp3) is 1.00. The molecule has 0 heterocycles. The van der Waals surface area contributed by atoms with Crippen LogP contribution in [0, 0.1) is 0 Å². The molecule has 0 saturated carbocycles.